The van der Waals surface area contributed by atoms with Crippen molar-refractivity contribution in [3.8, 4) is 0 Å². The van der Waals surface area contributed by atoms with Crippen molar-refractivity contribution in [1.29, 1.82) is 0 Å². The van der Waals surface area contributed by atoms with Gasteiger partial charge in [-0.05, 0) is 31.9 Å². The van der Waals surface area contributed by atoms with Crippen LogP contribution in [0.3, 0.4) is 0 Å². The third kappa shape index (κ3) is 3.75. The second kappa shape index (κ2) is 6.11. The first-order valence-corrected chi connectivity index (χ1v) is 7.89. The van der Waals surface area contributed by atoms with Gasteiger partial charge in [-0.15, -0.1) is 0 Å². The Labute approximate surface area is 118 Å². The maximum atomic E-state index is 6.02. The van der Waals surface area contributed by atoms with Gasteiger partial charge < -0.3 is 5.32 Å². The van der Waals surface area contributed by atoms with Gasteiger partial charge in [-0.25, -0.2) is 9.97 Å². The third-order valence-corrected chi connectivity index (χ3v) is 4.89. The van der Waals surface area contributed by atoms with Crippen molar-refractivity contribution >= 4 is 29.2 Å². The van der Waals surface area contributed by atoms with E-state index in [1.54, 1.807) is 0 Å². The summed E-state index contributed by atoms with van der Waals surface area (Å²) in [5.74, 6) is 2.95. The standard InChI is InChI=1S/C13H20ClN3S/c1-3-5-11-16-10(14)8-12(17-11)15-9-13(2)6-4-7-18-13/h8H,3-7,9H2,1-2H3,(H,15,16,17). The average molecular weight is 286 g/mol. The van der Waals surface area contributed by atoms with Crippen LogP contribution < -0.4 is 5.32 Å². The van der Waals surface area contributed by atoms with E-state index < -0.39 is 0 Å². The summed E-state index contributed by atoms with van der Waals surface area (Å²) in [6.07, 6.45) is 4.49. The minimum Gasteiger partial charge on any atom is -0.369 e. The van der Waals surface area contributed by atoms with Crippen molar-refractivity contribution in [2.24, 2.45) is 0 Å². The molecule has 1 aromatic heterocycles. The van der Waals surface area contributed by atoms with E-state index in [2.05, 4.69) is 29.1 Å². The first-order chi connectivity index (χ1) is 8.61. The quantitative estimate of drug-likeness (QED) is 0.836. The zero-order valence-corrected chi connectivity index (χ0v) is 12.6. The van der Waals surface area contributed by atoms with Crippen LogP contribution in [0.4, 0.5) is 5.82 Å². The number of hydrogen-bond donors (Lipinski definition) is 1. The smallest absolute Gasteiger partial charge is 0.134 e. The molecule has 0 saturated carbocycles. The molecule has 0 radical (unpaired) electrons. The van der Waals surface area contributed by atoms with Crippen molar-refractivity contribution in [3.05, 3.63) is 17.0 Å². The monoisotopic (exact) mass is 285 g/mol. The van der Waals surface area contributed by atoms with E-state index in [0.717, 1.165) is 31.0 Å². The molecule has 2 rings (SSSR count). The van der Waals surface area contributed by atoms with Crippen molar-refractivity contribution in [2.75, 3.05) is 17.6 Å². The summed E-state index contributed by atoms with van der Waals surface area (Å²) in [5.41, 5.74) is 0. The van der Waals surface area contributed by atoms with E-state index in [9.17, 15) is 0 Å². The van der Waals surface area contributed by atoms with Gasteiger partial charge in [0.1, 0.15) is 16.8 Å². The number of rotatable bonds is 5. The van der Waals surface area contributed by atoms with E-state index >= 15 is 0 Å². The van der Waals surface area contributed by atoms with E-state index in [0.29, 0.717) is 9.90 Å². The first kappa shape index (κ1) is 13.9. The number of thioether (sulfide) groups is 1. The second-order valence-electron chi connectivity index (χ2n) is 5.00. The molecule has 1 saturated heterocycles. The Morgan fingerprint density at radius 3 is 3.00 bits per heavy atom. The molecule has 1 aromatic rings. The maximum Gasteiger partial charge on any atom is 0.134 e. The second-order valence-corrected chi connectivity index (χ2v) is 7.07. The third-order valence-electron chi connectivity index (χ3n) is 3.16. The predicted molar refractivity (Wildman–Crippen MR) is 79.6 cm³/mol. The first-order valence-electron chi connectivity index (χ1n) is 6.52. The van der Waals surface area contributed by atoms with Crippen LogP contribution in [0.15, 0.2) is 6.07 Å². The average Bonchev–Trinajstić information content (AvgIpc) is 2.74. The number of nitrogens with one attached hydrogen (secondary N) is 1. The summed E-state index contributed by atoms with van der Waals surface area (Å²) in [4.78, 5) is 8.73. The van der Waals surface area contributed by atoms with Crippen LogP contribution in [-0.2, 0) is 6.42 Å². The fourth-order valence-corrected chi connectivity index (χ4v) is 3.59. The Balaban J connectivity index is 2.00. The number of hydrogen-bond acceptors (Lipinski definition) is 4. The minimum absolute atomic E-state index is 0.336. The van der Waals surface area contributed by atoms with Gasteiger partial charge in [-0.3, -0.25) is 0 Å². The molecule has 1 fully saturated rings. The highest BCUT2D eigenvalue weighted by Gasteiger charge is 2.29. The molecule has 0 aliphatic carbocycles. The Bertz CT molecular complexity index is 405. The molecule has 0 bridgehead atoms. The van der Waals surface area contributed by atoms with Crippen LogP contribution in [0.5, 0.6) is 0 Å². The molecule has 1 aliphatic heterocycles. The topological polar surface area (TPSA) is 37.8 Å². The molecule has 5 heteroatoms. The van der Waals surface area contributed by atoms with Crippen molar-refractivity contribution in [2.45, 2.75) is 44.3 Å². The van der Waals surface area contributed by atoms with Gasteiger partial charge in [0, 0.05) is 23.8 Å². The van der Waals surface area contributed by atoms with Gasteiger partial charge in [0.05, 0.1) is 0 Å². The normalized spacial score (nSPS) is 23.3. The SMILES string of the molecule is CCCc1nc(Cl)cc(NCC2(C)CCCS2)n1. The van der Waals surface area contributed by atoms with Crippen LogP contribution >= 0.6 is 23.4 Å². The highest BCUT2D eigenvalue weighted by Crippen LogP contribution is 2.37. The Hall–Kier alpha value is -0.480. The van der Waals surface area contributed by atoms with Crippen LogP contribution in [0, 0.1) is 0 Å². The van der Waals surface area contributed by atoms with Gasteiger partial charge in [-0.2, -0.15) is 11.8 Å². The fourth-order valence-electron chi connectivity index (χ4n) is 2.14. The largest absolute Gasteiger partial charge is 0.369 e. The van der Waals surface area contributed by atoms with Crippen molar-refractivity contribution < 1.29 is 0 Å². The summed E-state index contributed by atoms with van der Waals surface area (Å²) in [7, 11) is 0. The lowest BCUT2D eigenvalue weighted by atomic mass is 10.1. The van der Waals surface area contributed by atoms with Gasteiger partial charge in [0.2, 0.25) is 0 Å². The highest BCUT2D eigenvalue weighted by atomic mass is 35.5. The van der Waals surface area contributed by atoms with Gasteiger partial charge in [0.25, 0.3) is 0 Å². The molecular formula is C13H20ClN3S. The molecule has 3 nitrogen and oxygen atoms in total. The Kier molecular flexibility index (Phi) is 4.73. The van der Waals surface area contributed by atoms with Crippen LogP contribution in [0.25, 0.3) is 0 Å². The van der Waals surface area contributed by atoms with Crippen molar-refractivity contribution in [1.82, 2.24) is 9.97 Å². The number of aromatic nitrogens is 2. The predicted octanol–water partition coefficient (Wildman–Crippen LogP) is 3.78. The number of nitrogens with zero attached hydrogens (tertiary/aromatic N) is 2. The lowest BCUT2D eigenvalue weighted by molar-refractivity contribution is 0.633. The lowest BCUT2D eigenvalue weighted by Crippen LogP contribution is -2.27. The summed E-state index contributed by atoms with van der Waals surface area (Å²) in [5, 5.41) is 3.94. The highest BCUT2D eigenvalue weighted by molar-refractivity contribution is 8.00. The molecular weight excluding hydrogens is 266 g/mol. The molecule has 2 heterocycles. The zero-order valence-electron chi connectivity index (χ0n) is 11.0. The van der Waals surface area contributed by atoms with Crippen LogP contribution in [0.2, 0.25) is 5.15 Å². The lowest BCUT2D eigenvalue weighted by Gasteiger charge is -2.23. The number of anilines is 1. The Morgan fingerprint density at radius 1 is 1.50 bits per heavy atom. The molecule has 1 unspecified atom stereocenters. The minimum atomic E-state index is 0.336. The van der Waals surface area contributed by atoms with E-state index in [-0.39, 0.29) is 0 Å². The maximum absolute atomic E-state index is 6.02. The number of halogens is 1. The molecule has 1 N–H and O–H groups in total. The molecule has 0 aromatic carbocycles. The van der Waals surface area contributed by atoms with Crippen LogP contribution in [-0.4, -0.2) is 27.0 Å². The molecule has 18 heavy (non-hydrogen) atoms. The van der Waals surface area contributed by atoms with Gasteiger partial charge in [0.15, 0.2) is 0 Å². The van der Waals surface area contributed by atoms with E-state index in [4.69, 9.17) is 11.6 Å². The summed E-state index contributed by atoms with van der Waals surface area (Å²) >= 11 is 8.06. The van der Waals surface area contributed by atoms with E-state index in [1.165, 1.54) is 18.6 Å². The molecule has 0 spiro atoms. The fraction of sp³-hybridized carbons (Fsp3) is 0.692. The molecule has 0 amide bonds. The number of aryl methyl sites for hydroxylation is 1. The van der Waals surface area contributed by atoms with E-state index in [1.807, 2.05) is 17.8 Å². The van der Waals surface area contributed by atoms with Gasteiger partial charge >= 0.3 is 0 Å². The molecule has 100 valence electrons. The molecule has 1 atom stereocenters. The van der Waals surface area contributed by atoms with Crippen LogP contribution in [0.1, 0.15) is 38.9 Å². The summed E-state index contributed by atoms with van der Waals surface area (Å²) in [6, 6.07) is 1.81. The summed E-state index contributed by atoms with van der Waals surface area (Å²) < 4.78 is 0.336. The Morgan fingerprint density at radius 2 is 2.33 bits per heavy atom. The van der Waals surface area contributed by atoms with Gasteiger partial charge in [-0.1, -0.05) is 18.5 Å². The summed E-state index contributed by atoms with van der Waals surface area (Å²) in [6.45, 7) is 5.37. The van der Waals surface area contributed by atoms with Crippen molar-refractivity contribution in [3.63, 3.8) is 0 Å². The zero-order chi connectivity index (χ0) is 13.0. The molecule has 1 aliphatic rings.